The third-order valence-electron chi connectivity index (χ3n) is 4.32. The largest absolute Gasteiger partial charge is 0.342 e. The molecule has 0 aromatic heterocycles. The Balaban J connectivity index is 1.90. The van der Waals surface area contributed by atoms with Crippen molar-refractivity contribution in [3.05, 3.63) is 0 Å². The minimum atomic E-state index is 0.289. The predicted octanol–water partition coefficient (Wildman–Crippen LogP) is 1.88. The summed E-state index contributed by atoms with van der Waals surface area (Å²) in [5.41, 5.74) is 0. The first-order valence-electron chi connectivity index (χ1n) is 7.25. The lowest BCUT2D eigenvalue weighted by atomic mass is 9.97. The molecule has 2 atom stereocenters. The summed E-state index contributed by atoms with van der Waals surface area (Å²) in [4.78, 5) is 14.6. The number of amides is 1. The van der Waals surface area contributed by atoms with Crippen molar-refractivity contribution in [2.24, 2.45) is 17.8 Å². The number of hydrogen-bond donors (Lipinski definition) is 1. The van der Waals surface area contributed by atoms with Gasteiger partial charge in [0.1, 0.15) is 0 Å². The van der Waals surface area contributed by atoms with Crippen molar-refractivity contribution in [1.29, 1.82) is 0 Å². The van der Waals surface area contributed by atoms with Crippen molar-refractivity contribution in [3.63, 3.8) is 0 Å². The maximum Gasteiger partial charge on any atom is 0.225 e. The summed E-state index contributed by atoms with van der Waals surface area (Å²) < 4.78 is 0. The molecule has 2 rings (SSSR count). The summed E-state index contributed by atoms with van der Waals surface area (Å²) in [5.74, 6) is 2.17. The highest BCUT2D eigenvalue weighted by Gasteiger charge is 2.39. The second-order valence-electron chi connectivity index (χ2n) is 5.70. The average molecular weight is 238 g/mol. The molecule has 0 radical (unpaired) electrons. The van der Waals surface area contributed by atoms with E-state index in [-0.39, 0.29) is 5.92 Å². The van der Waals surface area contributed by atoms with Crippen molar-refractivity contribution >= 4 is 5.91 Å². The molecule has 0 spiro atoms. The lowest BCUT2D eigenvalue weighted by Gasteiger charge is -2.23. The molecule has 0 aromatic rings. The van der Waals surface area contributed by atoms with E-state index in [1.165, 1.54) is 0 Å². The Morgan fingerprint density at radius 1 is 1.18 bits per heavy atom. The molecule has 1 amide bonds. The Hall–Kier alpha value is -0.570. The normalized spacial score (nSPS) is 27.8. The lowest BCUT2D eigenvalue weighted by molar-refractivity contribution is -0.135. The Bertz CT molecular complexity index is 249. The summed E-state index contributed by atoms with van der Waals surface area (Å²) in [6, 6.07) is 0. The first-order valence-corrected chi connectivity index (χ1v) is 7.25. The Morgan fingerprint density at radius 3 is 2.18 bits per heavy atom. The van der Waals surface area contributed by atoms with Crippen molar-refractivity contribution in [2.45, 2.75) is 39.5 Å². The van der Waals surface area contributed by atoms with Gasteiger partial charge in [0.05, 0.1) is 0 Å². The van der Waals surface area contributed by atoms with E-state index in [2.05, 4.69) is 24.1 Å². The molecule has 2 heterocycles. The van der Waals surface area contributed by atoms with Gasteiger partial charge in [0, 0.05) is 32.1 Å². The molecule has 2 aliphatic heterocycles. The summed E-state index contributed by atoms with van der Waals surface area (Å²) in [6.45, 7) is 8.58. The Morgan fingerprint density at radius 2 is 1.71 bits per heavy atom. The lowest BCUT2D eigenvalue weighted by Crippen LogP contribution is -2.36. The zero-order valence-corrected chi connectivity index (χ0v) is 11.2. The van der Waals surface area contributed by atoms with Crippen LogP contribution in [0.15, 0.2) is 0 Å². The summed E-state index contributed by atoms with van der Waals surface area (Å²) >= 11 is 0. The smallest absolute Gasteiger partial charge is 0.225 e. The van der Waals surface area contributed by atoms with Crippen LogP contribution >= 0.6 is 0 Å². The van der Waals surface area contributed by atoms with E-state index in [9.17, 15) is 4.79 Å². The van der Waals surface area contributed by atoms with Crippen LogP contribution in [0.4, 0.5) is 0 Å². The highest BCUT2D eigenvalue weighted by molar-refractivity contribution is 5.79. The second-order valence-corrected chi connectivity index (χ2v) is 5.70. The number of nitrogens with one attached hydrogen (secondary N) is 1. The molecular weight excluding hydrogens is 212 g/mol. The fourth-order valence-corrected chi connectivity index (χ4v) is 3.38. The van der Waals surface area contributed by atoms with E-state index in [1.807, 2.05) is 0 Å². The molecule has 1 N–H and O–H groups in total. The number of carbonyl (C=O) groups is 1. The van der Waals surface area contributed by atoms with Crippen LogP contribution in [0.3, 0.4) is 0 Å². The topological polar surface area (TPSA) is 32.3 Å². The highest BCUT2D eigenvalue weighted by atomic mass is 16.2. The molecule has 0 aliphatic carbocycles. The fraction of sp³-hybridized carbons (Fsp3) is 0.929. The van der Waals surface area contributed by atoms with Crippen LogP contribution in [0.1, 0.15) is 39.5 Å². The number of fused-ring (bicyclic) bond motifs is 1. The van der Waals surface area contributed by atoms with Gasteiger partial charge in [0.15, 0.2) is 0 Å². The molecule has 0 saturated carbocycles. The van der Waals surface area contributed by atoms with Crippen molar-refractivity contribution < 1.29 is 4.79 Å². The minimum Gasteiger partial charge on any atom is -0.342 e. The summed E-state index contributed by atoms with van der Waals surface area (Å²) in [6.07, 6.45) is 4.38. The maximum atomic E-state index is 12.5. The van der Waals surface area contributed by atoms with Crippen LogP contribution in [-0.4, -0.2) is 37.0 Å². The molecule has 0 unspecified atom stereocenters. The van der Waals surface area contributed by atoms with Crippen LogP contribution in [0.25, 0.3) is 0 Å². The van der Waals surface area contributed by atoms with E-state index >= 15 is 0 Å². The number of hydrogen-bond acceptors (Lipinski definition) is 2. The van der Waals surface area contributed by atoms with Crippen molar-refractivity contribution in [3.8, 4) is 0 Å². The molecule has 2 fully saturated rings. The molecule has 3 heteroatoms. The standard InChI is InChI=1S/C14H26N2O/c1-3-5-11(6-4-2)14(17)16-9-12-7-15-8-13(12)10-16/h11-13,15H,3-10H2,1-2H3/t12-,13+. The van der Waals surface area contributed by atoms with Gasteiger partial charge < -0.3 is 10.2 Å². The Kier molecular flexibility index (Phi) is 4.43. The number of likely N-dealkylation sites (tertiary alicyclic amines) is 1. The average Bonchev–Trinajstić information content (AvgIpc) is 2.87. The zero-order chi connectivity index (χ0) is 12.3. The molecule has 0 aromatic carbocycles. The van der Waals surface area contributed by atoms with Gasteiger partial charge in [0.25, 0.3) is 0 Å². The number of carbonyl (C=O) groups excluding carboxylic acids is 1. The minimum absolute atomic E-state index is 0.289. The van der Waals surface area contributed by atoms with Gasteiger partial charge >= 0.3 is 0 Å². The number of rotatable bonds is 5. The fourth-order valence-electron chi connectivity index (χ4n) is 3.38. The predicted molar refractivity (Wildman–Crippen MR) is 69.7 cm³/mol. The third-order valence-corrected chi connectivity index (χ3v) is 4.32. The highest BCUT2D eigenvalue weighted by Crippen LogP contribution is 2.28. The van der Waals surface area contributed by atoms with Gasteiger partial charge in [-0.2, -0.15) is 0 Å². The third kappa shape index (κ3) is 2.82. The quantitative estimate of drug-likeness (QED) is 0.793. The molecule has 3 nitrogen and oxygen atoms in total. The van der Waals surface area contributed by atoms with Gasteiger partial charge in [0.2, 0.25) is 5.91 Å². The maximum absolute atomic E-state index is 12.5. The van der Waals surface area contributed by atoms with Crippen LogP contribution < -0.4 is 5.32 Å². The van der Waals surface area contributed by atoms with Gasteiger partial charge in [-0.25, -0.2) is 0 Å². The summed E-state index contributed by atoms with van der Waals surface area (Å²) in [5, 5.41) is 3.43. The molecule has 2 aliphatic rings. The van der Waals surface area contributed by atoms with E-state index in [0.29, 0.717) is 5.91 Å². The van der Waals surface area contributed by atoms with Gasteiger partial charge in [-0.1, -0.05) is 26.7 Å². The molecule has 98 valence electrons. The Labute approximate surface area is 105 Å². The zero-order valence-electron chi connectivity index (χ0n) is 11.2. The van der Waals surface area contributed by atoms with Crippen LogP contribution in [0.5, 0.6) is 0 Å². The molecule has 17 heavy (non-hydrogen) atoms. The van der Waals surface area contributed by atoms with Crippen LogP contribution in [-0.2, 0) is 4.79 Å². The van der Waals surface area contributed by atoms with E-state index in [1.54, 1.807) is 0 Å². The first kappa shape index (κ1) is 12.9. The first-order chi connectivity index (χ1) is 8.26. The van der Waals surface area contributed by atoms with Gasteiger partial charge in [-0.05, 0) is 24.7 Å². The monoisotopic (exact) mass is 238 g/mol. The van der Waals surface area contributed by atoms with Gasteiger partial charge in [-0.3, -0.25) is 4.79 Å². The van der Waals surface area contributed by atoms with E-state index in [4.69, 9.17) is 0 Å². The van der Waals surface area contributed by atoms with Crippen LogP contribution in [0, 0.1) is 17.8 Å². The molecular formula is C14H26N2O. The molecule has 0 bridgehead atoms. The molecule has 2 saturated heterocycles. The SMILES string of the molecule is CCCC(CCC)C(=O)N1C[C@H]2CNC[C@H]2C1. The van der Waals surface area contributed by atoms with E-state index < -0.39 is 0 Å². The van der Waals surface area contributed by atoms with Gasteiger partial charge in [-0.15, -0.1) is 0 Å². The second kappa shape index (κ2) is 5.85. The van der Waals surface area contributed by atoms with Crippen molar-refractivity contribution in [1.82, 2.24) is 10.2 Å². The van der Waals surface area contributed by atoms with Crippen molar-refractivity contribution in [2.75, 3.05) is 26.2 Å². The van der Waals surface area contributed by atoms with Crippen LogP contribution in [0.2, 0.25) is 0 Å². The van der Waals surface area contributed by atoms with E-state index in [0.717, 1.165) is 63.7 Å². The number of nitrogens with zero attached hydrogens (tertiary/aromatic N) is 1. The summed E-state index contributed by atoms with van der Waals surface area (Å²) in [7, 11) is 0.